The highest BCUT2D eigenvalue weighted by atomic mass is 35.5. The lowest BCUT2D eigenvalue weighted by molar-refractivity contribution is -0.138. The van der Waals surface area contributed by atoms with Gasteiger partial charge in [-0.15, -0.1) is 23.2 Å². The fourth-order valence-electron chi connectivity index (χ4n) is 7.17. The first-order chi connectivity index (χ1) is 19.9. The monoisotopic (exact) mass is 612 g/mol. The summed E-state index contributed by atoms with van der Waals surface area (Å²) in [6, 6.07) is 10.3. The second-order valence-corrected chi connectivity index (χ2v) is 12.2. The number of likely N-dealkylation sites (tertiary alicyclic amines) is 1. The van der Waals surface area contributed by atoms with Gasteiger partial charge in [0.05, 0.1) is 29.7 Å². The number of halogens is 2. The van der Waals surface area contributed by atoms with E-state index in [2.05, 4.69) is 0 Å². The molecule has 6 rings (SSSR count). The van der Waals surface area contributed by atoms with Crippen LogP contribution in [0.4, 0.5) is 5.69 Å². The number of allylic oxidation sites excluding steroid dienone is 2. The van der Waals surface area contributed by atoms with Gasteiger partial charge in [-0.25, -0.2) is 4.79 Å². The molecule has 2 saturated heterocycles. The molecule has 0 aromatic heterocycles. The number of carboxylic acids is 1. The highest BCUT2D eigenvalue weighted by molar-refractivity contribution is 6.53. The summed E-state index contributed by atoms with van der Waals surface area (Å²) >= 11 is 14.3. The number of para-hydroxylation sites is 1. The van der Waals surface area contributed by atoms with Crippen LogP contribution >= 0.6 is 23.2 Å². The van der Waals surface area contributed by atoms with E-state index in [4.69, 9.17) is 27.9 Å². The number of aromatic hydroxyl groups is 1. The minimum Gasteiger partial charge on any atom is -0.504 e. The number of anilines is 1. The van der Waals surface area contributed by atoms with Gasteiger partial charge < -0.3 is 14.9 Å². The Bertz CT molecular complexity index is 1620. The number of carbonyl (C=O) groups is 5. The number of hydrogen-bond donors (Lipinski definition) is 2. The number of fused-ring (bicyclic) bond motifs is 4. The molecule has 3 fully saturated rings. The van der Waals surface area contributed by atoms with Crippen molar-refractivity contribution in [1.29, 1.82) is 0 Å². The van der Waals surface area contributed by atoms with Gasteiger partial charge in [0.1, 0.15) is 0 Å². The fraction of sp³-hybridized carbons (Fsp3) is 0.367. The molecule has 2 N–H and O–H groups in total. The molecule has 1 saturated carbocycles. The molecule has 4 aliphatic rings. The van der Waals surface area contributed by atoms with Gasteiger partial charge in [-0.1, -0.05) is 29.8 Å². The smallest absolute Gasteiger partial charge is 0.335 e. The molecule has 2 aromatic rings. The summed E-state index contributed by atoms with van der Waals surface area (Å²) in [6.07, 6.45) is 1.67. The Balaban J connectivity index is 1.51. The van der Waals surface area contributed by atoms with E-state index in [1.54, 1.807) is 31.2 Å². The van der Waals surface area contributed by atoms with E-state index in [1.165, 1.54) is 31.3 Å². The number of amides is 4. The first-order valence-electron chi connectivity index (χ1n) is 13.4. The maximum absolute atomic E-state index is 14.0. The third kappa shape index (κ3) is 3.54. The Hall–Kier alpha value is -3.89. The minimum atomic E-state index is -2.04. The number of aromatic carboxylic acids is 1. The molecule has 10 nitrogen and oxygen atoms in total. The van der Waals surface area contributed by atoms with Gasteiger partial charge in [0.25, 0.3) is 11.8 Å². The second kappa shape index (κ2) is 9.57. The Morgan fingerprint density at radius 1 is 1.05 bits per heavy atom. The molecule has 42 heavy (non-hydrogen) atoms. The van der Waals surface area contributed by atoms with E-state index >= 15 is 0 Å². The first-order valence-corrected chi connectivity index (χ1v) is 14.2. The van der Waals surface area contributed by atoms with E-state index in [0.717, 1.165) is 9.80 Å². The minimum absolute atomic E-state index is 0.0890. The van der Waals surface area contributed by atoms with Crippen LogP contribution in [0.1, 0.15) is 41.6 Å². The lowest BCUT2D eigenvalue weighted by Gasteiger charge is -2.50. The zero-order chi connectivity index (χ0) is 30.3. The van der Waals surface area contributed by atoms with Crippen molar-refractivity contribution in [2.24, 2.45) is 17.8 Å². The van der Waals surface area contributed by atoms with Gasteiger partial charge in [0, 0.05) is 18.5 Å². The van der Waals surface area contributed by atoms with Crippen LogP contribution in [0.5, 0.6) is 11.5 Å². The number of alkyl halides is 2. The summed E-state index contributed by atoms with van der Waals surface area (Å²) < 4.78 is 5.58. The van der Waals surface area contributed by atoms with Crippen molar-refractivity contribution in [3.05, 3.63) is 65.2 Å². The average molecular weight is 613 g/mol. The maximum atomic E-state index is 14.0. The Labute approximate surface area is 250 Å². The summed E-state index contributed by atoms with van der Waals surface area (Å²) in [7, 11) is 1.28. The highest BCUT2D eigenvalue weighted by Crippen LogP contribution is 2.66. The first kappa shape index (κ1) is 28.2. The number of ether oxygens (including phenoxy) is 1. The number of carbonyl (C=O) groups excluding carboxylic acids is 4. The number of benzene rings is 2. The molecule has 2 aliphatic heterocycles. The summed E-state index contributed by atoms with van der Waals surface area (Å²) in [4.78, 5) is 64.4. The standard InChI is InChI=1S/C30H26Cl2N2O8/c1-3-42-20-9-5-8-18(23(20)35)22-16-10-11-17-21(19(16)13-29(31)27(40)33(2)28(41)30(22,29)32)25(37)34(24(17)36)15-7-4-6-14(12-15)26(38)39/h4-10,12,17,19,21-22,35H,3,11,13H2,1-2H3,(H,38,39)/t17-,19+,21-,22+,29+,30-/m0/s1. The molecule has 218 valence electrons. The summed E-state index contributed by atoms with van der Waals surface area (Å²) in [5.74, 6) is -7.58. The van der Waals surface area contributed by atoms with Crippen LogP contribution in [0.2, 0.25) is 0 Å². The van der Waals surface area contributed by atoms with E-state index in [-0.39, 0.29) is 47.8 Å². The molecular formula is C30H26Cl2N2O8. The van der Waals surface area contributed by atoms with Crippen LogP contribution in [0.15, 0.2) is 54.1 Å². The van der Waals surface area contributed by atoms with Gasteiger partial charge in [0.15, 0.2) is 21.2 Å². The summed E-state index contributed by atoms with van der Waals surface area (Å²) in [6.45, 7) is 1.99. The topological polar surface area (TPSA) is 142 Å². The average Bonchev–Trinajstić information content (AvgIpc) is 3.29. The van der Waals surface area contributed by atoms with Crippen molar-refractivity contribution in [3.8, 4) is 11.5 Å². The second-order valence-electron chi connectivity index (χ2n) is 11.0. The number of rotatable bonds is 5. The number of imide groups is 2. The van der Waals surface area contributed by atoms with E-state index in [9.17, 15) is 34.2 Å². The van der Waals surface area contributed by atoms with Crippen LogP contribution in [-0.4, -0.2) is 68.1 Å². The van der Waals surface area contributed by atoms with Crippen LogP contribution in [-0.2, 0) is 19.2 Å². The van der Waals surface area contributed by atoms with Crippen molar-refractivity contribution in [2.45, 2.75) is 35.4 Å². The van der Waals surface area contributed by atoms with Gasteiger partial charge in [-0.3, -0.25) is 29.0 Å². The zero-order valence-corrected chi connectivity index (χ0v) is 24.1. The molecule has 0 bridgehead atoms. The fourth-order valence-corrected chi connectivity index (χ4v) is 8.18. The molecule has 2 aliphatic carbocycles. The molecular weight excluding hydrogens is 587 g/mol. The molecule has 2 aromatic carbocycles. The van der Waals surface area contributed by atoms with Crippen LogP contribution in [0.25, 0.3) is 0 Å². The quantitative estimate of drug-likeness (QED) is 0.296. The Kier molecular flexibility index (Phi) is 6.43. The predicted octanol–water partition coefficient (Wildman–Crippen LogP) is 3.68. The Morgan fingerprint density at radius 3 is 2.45 bits per heavy atom. The molecule has 0 radical (unpaired) electrons. The SMILES string of the molecule is CCOc1cccc([C@H]2C3=CC[C@@H]4C(=O)N(c5cccc(C(=O)O)c5)C(=O)[C@@H]4[C@@H]3C[C@@]3(Cl)C(=O)N(C)C(=O)[C@@]23Cl)c1O. The Morgan fingerprint density at radius 2 is 1.76 bits per heavy atom. The lowest BCUT2D eigenvalue weighted by Crippen LogP contribution is -2.60. The van der Waals surface area contributed by atoms with Crippen molar-refractivity contribution >= 4 is 58.5 Å². The van der Waals surface area contributed by atoms with E-state index in [1.807, 2.05) is 0 Å². The maximum Gasteiger partial charge on any atom is 0.335 e. The number of carboxylic acid groups (broad SMARTS) is 1. The van der Waals surface area contributed by atoms with Gasteiger partial charge in [-0.05, 0) is 49.9 Å². The molecule has 4 amide bonds. The van der Waals surface area contributed by atoms with Crippen molar-refractivity contribution in [3.63, 3.8) is 0 Å². The normalized spacial score (nSPS) is 32.0. The van der Waals surface area contributed by atoms with Crippen LogP contribution in [0.3, 0.4) is 0 Å². The summed E-state index contributed by atoms with van der Waals surface area (Å²) in [5.41, 5.74) is 0.753. The number of nitrogens with zero attached hydrogens (tertiary/aromatic N) is 2. The number of phenols is 1. The molecule has 0 spiro atoms. The number of phenolic OH excluding ortho intramolecular Hbond substituents is 1. The lowest BCUT2D eigenvalue weighted by atomic mass is 9.56. The zero-order valence-electron chi connectivity index (χ0n) is 22.5. The summed E-state index contributed by atoms with van der Waals surface area (Å²) in [5, 5.41) is 20.7. The molecule has 12 heteroatoms. The van der Waals surface area contributed by atoms with Crippen molar-refractivity contribution in [2.75, 3.05) is 18.6 Å². The third-order valence-electron chi connectivity index (χ3n) is 9.01. The largest absolute Gasteiger partial charge is 0.504 e. The predicted molar refractivity (Wildman–Crippen MR) is 151 cm³/mol. The van der Waals surface area contributed by atoms with Gasteiger partial charge in [0.2, 0.25) is 11.8 Å². The van der Waals surface area contributed by atoms with Gasteiger partial charge >= 0.3 is 5.97 Å². The van der Waals surface area contributed by atoms with Crippen LogP contribution in [0, 0.1) is 17.8 Å². The molecule has 0 unspecified atom stereocenters. The van der Waals surface area contributed by atoms with Crippen molar-refractivity contribution < 1.29 is 38.9 Å². The van der Waals surface area contributed by atoms with E-state index in [0.29, 0.717) is 5.57 Å². The van der Waals surface area contributed by atoms with E-state index < -0.39 is 63.0 Å². The third-order valence-corrected chi connectivity index (χ3v) is 10.4. The number of hydrogen-bond acceptors (Lipinski definition) is 7. The van der Waals surface area contributed by atoms with Crippen LogP contribution < -0.4 is 9.64 Å². The van der Waals surface area contributed by atoms with Gasteiger partial charge in [-0.2, -0.15) is 0 Å². The highest BCUT2D eigenvalue weighted by Gasteiger charge is 2.76. The molecule has 2 heterocycles. The molecule has 6 atom stereocenters. The van der Waals surface area contributed by atoms with Crippen molar-refractivity contribution in [1.82, 2.24) is 4.90 Å².